The largest absolute Gasteiger partial charge is 0.324 e. The van der Waals surface area contributed by atoms with Crippen molar-refractivity contribution >= 4 is 22.7 Å². The zero-order valence-corrected chi connectivity index (χ0v) is 21.5. The Hall–Kier alpha value is -3.59. The van der Waals surface area contributed by atoms with Gasteiger partial charge in [0.25, 0.3) is 5.56 Å². The number of aromatic nitrogens is 6. The van der Waals surface area contributed by atoms with E-state index in [4.69, 9.17) is 9.97 Å². The molecule has 4 heterocycles. The third-order valence-electron chi connectivity index (χ3n) is 7.02. The molecule has 2 aliphatic rings. The summed E-state index contributed by atoms with van der Waals surface area (Å²) in [5.74, 6) is 1.80. The zero-order valence-electron chi connectivity index (χ0n) is 21.5. The molecule has 0 bridgehead atoms. The summed E-state index contributed by atoms with van der Waals surface area (Å²) in [5, 5.41) is 7.34. The minimum Gasteiger partial charge on any atom is -0.324 e. The predicted molar refractivity (Wildman–Crippen MR) is 140 cm³/mol. The van der Waals surface area contributed by atoms with Gasteiger partial charge in [0.1, 0.15) is 11.2 Å². The molecule has 36 heavy (non-hydrogen) atoms. The maximum Gasteiger partial charge on any atom is 0.278 e. The van der Waals surface area contributed by atoms with Crippen molar-refractivity contribution in [1.82, 2.24) is 34.6 Å². The summed E-state index contributed by atoms with van der Waals surface area (Å²) in [6.07, 6.45) is 5.30. The summed E-state index contributed by atoms with van der Waals surface area (Å²) in [7, 11) is 0. The summed E-state index contributed by atoms with van der Waals surface area (Å²) < 4.78 is 3.63. The van der Waals surface area contributed by atoms with Gasteiger partial charge in [0.05, 0.1) is 6.04 Å². The molecule has 0 unspecified atom stereocenters. The fourth-order valence-corrected chi connectivity index (χ4v) is 4.97. The lowest BCUT2D eigenvalue weighted by Crippen LogP contribution is -2.38. The van der Waals surface area contributed by atoms with Crippen LogP contribution in [0.1, 0.15) is 70.5 Å². The van der Waals surface area contributed by atoms with Crippen molar-refractivity contribution in [3.63, 3.8) is 0 Å². The maximum atomic E-state index is 13.4. The molecule has 0 amide bonds. The normalized spacial score (nSPS) is 17.2. The molecule has 9 heteroatoms. The zero-order chi connectivity index (χ0) is 25.2. The van der Waals surface area contributed by atoms with Crippen molar-refractivity contribution in [2.75, 3.05) is 11.9 Å². The SMILES string of the molecule is CC(C)(C)c1nccc(-n2c3nc(Nc4ccc5c(c4)CNCC5(C)C)ncc3c(=O)n2C2CC2)n1. The van der Waals surface area contributed by atoms with E-state index in [0.29, 0.717) is 22.8 Å². The van der Waals surface area contributed by atoms with E-state index in [-0.39, 0.29) is 22.4 Å². The molecule has 1 saturated carbocycles. The first kappa shape index (κ1) is 22.8. The van der Waals surface area contributed by atoms with Gasteiger partial charge in [-0.1, -0.05) is 40.7 Å². The van der Waals surface area contributed by atoms with Gasteiger partial charge in [0, 0.05) is 48.1 Å². The van der Waals surface area contributed by atoms with Crippen molar-refractivity contribution in [1.29, 1.82) is 0 Å². The molecular formula is C27H32N8O. The van der Waals surface area contributed by atoms with E-state index in [9.17, 15) is 4.79 Å². The summed E-state index contributed by atoms with van der Waals surface area (Å²) in [4.78, 5) is 32.0. The molecule has 0 atom stereocenters. The van der Waals surface area contributed by atoms with Gasteiger partial charge in [-0.15, -0.1) is 0 Å². The highest BCUT2D eigenvalue weighted by Crippen LogP contribution is 2.36. The van der Waals surface area contributed by atoms with Crippen molar-refractivity contribution < 1.29 is 0 Å². The molecule has 1 aliphatic carbocycles. The first-order valence-corrected chi connectivity index (χ1v) is 12.6. The van der Waals surface area contributed by atoms with Crippen LogP contribution < -0.4 is 16.2 Å². The Morgan fingerprint density at radius 1 is 1.11 bits per heavy atom. The highest BCUT2D eigenvalue weighted by molar-refractivity contribution is 5.77. The van der Waals surface area contributed by atoms with Gasteiger partial charge in [-0.05, 0) is 36.1 Å². The van der Waals surface area contributed by atoms with Crippen LogP contribution in [0.15, 0.2) is 41.5 Å². The first-order chi connectivity index (χ1) is 17.1. The van der Waals surface area contributed by atoms with Crippen LogP contribution in [0.2, 0.25) is 0 Å². The lowest BCUT2D eigenvalue weighted by Gasteiger charge is -2.33. The number of nitrogens with one attached hydrogen (secondary N) is 2. The van der Waals surface area contributed by atoms with Crippen molar-refractivity contribution in [2.24, 2.45) is 0 Å². The van der Waals surface area contributed by atoms with Gasteiger partial charge >= 0.3 is 0 Å². The first-order valence-electron chi connectivity index (χ1n) is 12.6. The number of hydrogen-bond acceptors (Lipinski definition) is 7. The fourth-order valence-electron chi connectivity index (χ4n) is 4.97. The molecule has 1 fully saturated rings. The number of nitrogens with zero attached hydrogens (tertiary/aromatic N) is 6. The molecule has 186 valence electrons. The standard InChI is InChI=1S/C27H32N8O/c1-26(2,3)24-29-11-10-21(32-24)35-22-19(23(36)34(35)18-7-8-18)14-30-25(33-22)31-17-6-9-20-16(12-17)13-28-15-27(20,4)5/h6,9-12,14,18,28H,7-8,13,15H2,1-5H3,(H,30,31,33). The average Bonchev–Trinajstić information content (AvgIpc) is 3.62. The molecule has 4 aromatic rings. The summed E-state index contributed by atoms with van der Waals surface area (Å²) in [6, 6.07) is 8.39. The van der Waals surface area contributed by atoms with Crippen LogP contribution in [0.3, 0.4) is 0 Å². The monoisotopic (exact) mass is 484 g/mol. The third-order valence-corrected chi connectivity index (χ3v) is 7.02. The minimum absolute atomic E-state index is 0.0861. The van der Waals surface area contributed by atoms with Gasteiger partial charge in [-0.25, -0.2) is 24.3 Å². The molecule has 9 nitrogen and oxygen atoms in total. The van der Waals surface area contributed by atoms with E-state index in [1.54, 1.807) is 17.1 Å². The molecule has 0 saturated heterocycles. The van der Waals surface area contributed by atoms with E-state index >= 15 is 0 Å². The molecule has 0 radical (unpaired) electrons. The van der Waals surface area contributed by atoms with Crippen LogP contribution in [0.5, 0.6) is 0 Å². The Balaban J connectivity index is 1.45. The van der Waals surface area contributed by atoms with Gasteiger partial charge in [0.15, 0.2) is 11.5 Å². The van der Waals surface area contributed by atoms with Gasteiger partial charge in [-0.2, -0.15) is 4.98 Å². The quantitative estimate of drug-likeness (QED) is 0.449. The molecule has 1 aromatic carbocycles. The van der Waals surface area contributed by atoms with E-state index in [2.05, 4.69) is 73.4 Å². The Bertz CT molecular complexity index is 1540. The molecule has 2 N–H and O–H groups in total. The Morgan fingerprint density at radius 2 is 1.92 bits per heavy atom. The van der Waals surface area contributed by atoms with E-state index < -0.39 is 0 Å². The average molecular weight is 485 g/mol. The van der Waals surface area contributed by atoms with Crippen molar-refractivity contribution in [3.05, 3.63) is 64.0 Å². The number of hydrogen-bond donors (Lipinski definition) is 2. The minimum atomic E-state index is -0.221. The van der Waals surface area contributed by atoms with Crippen LogP contribution >= 0.6 is 0 Å². The number of anilines is 2. The van der Waals surface area contributed by atoms with Crippen LogP contribution in [0, 0.1) is 0 Å². The summed E-state index contributed by atoms with van der Waals surface area (Å²) in [6.45, 7) is 12.5. The lowest BCUT2D eigenvalue weighted by molar-refractivity contribution is 0.435. The molecule has 1 aliphatic heterocycles. The second-order valence-corrected chi connectivity index (χ2v) is 11.6. The summed E-state index contributed by atoms with van der Waals surface area (Å²) in [5.41, 5.74) is 3.87. The Kier molecular flexibility index (Phi) is 5.05. The van der Waals surface area contributed by atoms with Crippen molar-refractivity contribution in [3.8, 4) is 5.82 Å². The number of fused-ring (bicyclic) bond motifs is 2. The predicted octanol–water partition coefficient (Wildman–Crippen LogP) is 4.13. The molecule has 0 spiro atoms. The van der Waals surface area contributed by atoms with Crippen LogP contribution in [-0.2, 0) is 17.4 Å². The molecule has 3 aromatic heterocycles. The Morgan fingerprint density at radius 3 is 2.67 bits per heavy atom. The lowest BCUT2D eigenvalue weighted by atomic mass is 9.79. The second-order valence-electron chi connectivity index (χ2n) is 11.6. The topological polar surface area (TPSA) is 103 Å². The second kappa shape index (κ2) is 7.96. The van der Waals surface area contributed by atoms with Crippen LogP contribution in [-0.4, -0.2) is 35.8 Å². The van der Waals surface area contributed by atoms with E-state index in [1.165, 1.54) is 11.1 Å². The maximum absolute atomic E-state index is 13.4. The fraction of sp³-hybridized carbons (Fsp3) is 0.444. The van der Waals surface area contributed by atoms with Crippen LogP contribution in [0.4, 0.5) is 11.6 Å². The highest BCUT2D eigenvalue weighted by atomic mass is 16.1. The number of benzene rings is 1. The molecular weight excluding hydrogens is 452 g/mol. The van der Waals surface area contributed by atoms with E-state index in [1.807, 2.05) is 10.7 Å². The third kappa shape index (κ3) is 3.87. The van der Waals surface area contributed by atoms with Gasteiger partial charge in [-0.3, -0.25) is 4.79 Å². The number of rotatable bonds is 4. The highest BCUT2D eigenvalue weighted by Gasteiger charge is 2.32. The van der Waals surface area contributed by atoms with Crippen molar-refractivity contribution in [2.45, 2.75) is 70.9 Å². The smallest absolute Gasteiger partial charge is 0.278 e. The van der Waals surface area contributed by atoms with Gasteiger partial charge in [0.2, 0.25) is 5.95 Å². The molecule has 6 rings (SSSR count). The van der Waals surface area contributed by atoms with Crippen LogP contribution in [0.25, 0.3) is 16.9 Å². The Labute approximate surface area is 210 Å². The summed E-state index contributed by atoms with van der Waals surface area (Å²) >= 11 is 0. The van der Waals surface area contributed by atoms with E-state index in [0.717, 1.165) is 37.4 Å². The van der Waals surface area contributed by atoms with Gasteiger partial charge < -0.3 is 10.6 Å².